The molecule has 138 valence electrons. The molecule has 0 radical (unpaired) electrons. The molecule has 2 aliphatic heterocycles. The summed E-state index contributed by atoms with van der Waals surface area (Å²) in [4.78, 5) is 15.2. The van der Waals surface area contributed by atoms with Crippen molar-refractivity contribution in [2.75, 3.05) is 20.1 Å². The van der Waals surface area contributed by atoms with E-state index in [0.717, 1.165) is 36.7 Å². The molecule has 1 saturated carbocycles. The summed E-state index contributed by atoms with van der Waals surface area (Å²) in [5.74, 6) is 2.67. The standard InChI is InChI=1S/C20H26N4O2/c1-23(12-17-7-19(26-22-17)14-2-3-14)11-15-4-5-18-16-6-13(8-21-9-16)10-24(18)20(15)25/h4-5,7,13-14,16,21H,2-3,6,8-12H2,1H3/t13-,16+/m0/s1. The molecule has 2 atom stereocenters. The average Bonchev–Trinajstić information content (AvgIpc) is 3.38. The molecule has 2 fully saturated rings. The smallest absolute Gasteiger partial charge is 0.255 e. The van der Waals surface area contributed by atoms with Crippen molar-refractivity contribution >= 4 is 0 Å². The summed E-state index contributed by atoms with van der Waals surface area (Å²) in [5.41, 5.74) is 3.21. The monoisotopic (exact) mass is 354 g/mol. The van der Waals surface area contributed by atoms with Gasteiger partial charge in [-0.1, -0.05) is 11.2 Å². The van der Waals surface area contributed by atoms with Crippen molar-refractivity contribution in [2.45, 2.75) is 50.7 Å². The highest BCUT2D eigenvalue weighted by Crippen LogP contribution is 2.40. The van der Waals surface area contributed by atoms with Crippen LogP contribution in [0.1, 0.15) is 53.8 Å². The van der Waals surface area contributed by atoms with Gasteiger partial charge in [-0.05, 0) is 44.8 Å². The number of pyridine rings is 1. The lowest BCUT2D eigenvalue weighted by atomic mass is 9.84. The van der Waals surface area contributed by atoms with Crippen LogP contribution in [-0.4, -0.2) is 34.8 Å². The Balaban J connectivity index is 1.32. The highest BCUT2D eigenvalue weighted by Gasteiger charge is 2.31. The lowest BCUT2D eigenvalue weighted by Crippen LogP contribution is -2.45. The van der Waals surface area contributed by atoms with Crippen LogP contribution in [0, 0.1) is 5.92 Å². The molecule has 1 N–H and O–H groups in total. The molecule has 0 unspecified atom stereocenters. The second kappa shape index (κ2) is 6.35. The summed E-state index contributed by atoms with van der Waals surface area (Å²) in [6.07, 6.45) is 3.64. The van der Waals surface area contributed by atoms with E-state index in [1.54, 1.807) is 0 Å². The van der Waals surface area contributed by atoms with Crippen molar-refractivity contribution in [1.82, 2.24) is 19.9 Å². The Bertz CT molecular complexity index is 867. The van der Waals surface area contributed by atoms with Gasteiger partial charge in [0.2, 0.25) is 0 Å². The normalized spacial score (nSPS) is 24.7. The number of nitrogens with one attached hydrogen (secondary N) is 1. The lowest BCUT2D eigenvalue weighted by Gasteiger charge is -2.37. The summed E-state index contributed by atoms with van der Waals surface area (Å²) >= 11 is 0. The number of nitrogens with zero attached hydrogens (tertiary/aromatic N) is 3. The van der Waals surface area contributed by atoms with Crippen LogP contribution in [0.25, 0.3) is 0 Å². The van der Waals surface area contributed by atoms with Crippen LogP contribution in [0.4, 0.5) is 0 Å². The highest BCUT2D eigenvalue weighted by atomic mass is 16.5. The number of hydrogen-bond acceptors (Lipinski definition) is 5. The SMILES string of the molecule is CN(Cc1cc(C2CC2)on1)Cc1ccc2n(c1=O)C[C@@H]1CNC[C@H]2C1. The molecule has 0 amide bonds. The number of piperidine rings is 1. The van der Waals surface area contributed by atoms with Crippen molar-refractivity contribution in [3.63, 3.8) is 0 Å². The van der Waals surface area contributed by atoms with E-state index < -0.39 is 0 Å². The van der Waals surface area contributed by atoms with Gasteiger partial charge in [0.15, 0.2) is 0 Å². The Hall–Kier alpha value is -1.92. The molecule has 1 aliphatic carbocycles. The zero-order valence-electron chi connectivity index (χ0n) is 15.3. The van der Waals surface area contributed by atoms with Crippen LogP contribution in [0.5, 0.6) is 0 Å². The average molecular weight is 354 g/mol. The minimum atomic E-state index is 0.185. The van der Waals surface area contributed by atoms with E-state index in [1.807, 2.05) is 17.7 Å². The first-order chi connectivity index (χ1) is 12.7. The molecule has 0 aromatic carbocycles. The minimum Gasteiger partial charge on any atom is -0.361 e. The summed E-state index contributed by atoms with van der Waals surface area (Å²) in [6, 6.07) is 6.26. The van der Waals surface area contributed by atoms with Gasteiger partial charge in [0.1, 0.15) is 5.76 Å². The van der Waals surface area contributed by atoms with Crippen LogP contribution >= 0.6 is 0 Å². The first-order valence-corrected chi connectivity index (χ1v) is 9.74. The van der Waals surface area contributed by atoms with E-state index >= 15 is 0 Å². The van der Waals surface area contributed by atoms with E-state index in [0.29, 0.717) is 30.8 Å². The third-order valence-electron chi connectivity index (χ3n) is 6.02. The highest BCUT2D eigenvalue weighted by molar-refractivity contribution is 5.22. The topological polar surface area (TPSA) is 63.3 Å². The van der Waals surface area contributed by atoms with Gasteiger partial charge < -0.3 is 14.4 Å². The Kier molecular flexibility index (Phi) is 3.98. The second-order valence-corrected chi connectivity index (χ2v) is 8.32. The van der Waals surface area contributed by atoms with Gasteiger partial charge in [-0.2, -0.15) is 0 Å². The largest absolute Gasteiger partial charge is 0.361 e. The first-order valence-electron chi connectivity index (χ1n) is 9.74. The summed E-state index contributed by atoms with van der Waals surface area (Å²) in [5, 5.41) is 7.68. The molecular formula is C20H26N4O2. The summed E-state index contributed by atoms with van der Waals surface area (Å²) < 4.78 is 7.46. The van der Waals surface area contributed by atoms with Crippen LogP contribution in [0.15, 0.2) is 27.5 Å². The van der Waals surface area contributed by atoms with Gasteiger partial charge >= 0.3 is 0 Å². The molecular weight excluding hydrogens is 328 g/mol. The molecule has 3 aliphatic rings. The zero-order valence-corrected chi connectivity index (χ0v) is 15.3. The molecule has 6 heteroatoms. The van der Waals surface area contributed by atoms with Crippen LogP contribution < -0.4 is 10.9 Å². The van der Waals surface area contributed by atoms with Crippen LogP contribution in [0.3, 0.4) is 0 Å². The van der Waals surface area contributed by atoms with Crippen molar-refractivity contribution in [2.24, 2.45) is 5.92 Å². The van der Waals surface area contributed by atoms with Crippen molar-refractivity contribution < 1.29 is 4.52 Å². The van der Waals surface area contributed by atoms with Crippen molar-refractivity contribution in [1.29, 1.82) is 0 Å². The Morgan fingerprint density at radius 1 is 1.27 bits per heavy atom. The minimum absolute atomic E-state index is 0.185. The Morgan fingerprint density at radius 2 is 2.15 bits per heavy atom. The van der Waals surface area contributed by atoms with Crippen LogP contribution in [-0.2, 0) is 19.6 Å². The van der Waals surface area contributed by atoms with E-state index in [9.17, 15) is 4.79 Å². The molecule has 5 rings (SSSR count). The number of fused-ring (bicyclic) bond motifs is 4. The van der Waals surface area contributed by atoms with Gasteiger partial charge in [0.25, 0.3) is 5.56 Å². The van der Waals surface area contributed by atoms with E-state index in [1.165, 1.54) is 25.0 Å². The summed E-state index contributed by atoms with van der Waals surface area (Å²) in [6.45, 7) is 4.21. The van der Waals surface area contributed by atoms with Gasteiger partial charge in [-0.15, -0.1) is 0 Å². The first kappa shape index (κ1) is 16.3. The number of hydrogen-bond donors (Lipinski definition) is 1. The maximum atomic E-state index is 13.0. The third-order valence-corrected chi connectivity index (χ3v) is 6.02. The molecule has 2 aromatic rings. The van der Waals surface area contributed by atoms with Gasteiger partial charge in [0, 0.05) is 55.3 Å². The molecule has 0 spiro atoms. The fraction of sp³-hybridized carbons (Fsp3) is 0.600. The fourth-order valence-corrected chi connectivity index (χ4v) is 4.54. The second-order valence-electron chi connectivity index (χ2n) is 8.32. The van der Waals surface area contributed by atoms with Gasteiger partial charge in [0.05, 0.1) is 5.69 Å². The Labute approximate surface area is 153 Å². The van der Waals surface area contributed by atoms with E-state index in [4.69, 9.17) is 4.52 Å². The quantitative estimate of drug-likeness (QED) is 0.890. The Morgan fingerprint density at radius 3 is 3.00 bits per heavy atom. The number of rotatable bonds is 5. The third kappa shape index (κ3) is 3.01. The molecule has 26 heavy (non-hydrogen) atoms. The number of aromatic nitrogens is 2. The molecule has 6 nitrogen and oxygen atoms in total. The lowest BCUT2D eigenvalue weighted by molar-refractivity contribution is 0.254. The van der Waals surface area contributed by atoms with Gasteiger partial charge in [-0.3, -0.25) is 9.69 Å². The molecule has 4 heterocycles. The van der Waals surface area contributed by atoms with E-state index in [-0.39, 0.29) is 5.56 Å². The summed E-state index contributed by atoms with van der Waals surface area (Å²) in [7, 11) is 2.04. The maximum absolute atomic E-state index is 13.0. The predicted octanol–water partition coefficient (Wildman–Crippen LogP) is 2.05. The molecule has 1 saturated heterocycles. The maximum Gasteiger partial charge on any atom is 0.255 e. The van der Waals surface area contributed by atoms with Gasteiger partial charge in [-0.25, -0.2) is 0 Å². The fourth-order valence-electron chi connectivity index (χ4n) is 4.54. The van der Waals surface area contributed by atoms with Crippen molar-refractivity contribution in [3.05, 3.63) is 51.3 Å². The van der Waals surface area contributed by atoms with Crippen LogP contribution in [0.2, 0.25) is 0 Å². The van der Waals surface area contributed by atoms with Crippen molar-refractivity contribution in [3.8, 4) is 0 Å². The van der Waals surface area contributed by atoms with E-state index in [2.05, 4.69) is 27.5 Å². The zero-order chi connectivity index (χ0) is 17.7. The molecule has 2 bridgehead atoms. The molecule has 2 aromatic heterocycles. The predicted molar refractivity (Wildman–Crippen MR) is 98.1 cm³/mol.